The van der Waals surface area contributed by atoms with Gasteiger partial charge in [0.25, 0.3) is 0 Å². The van der Waals surface area contributed by atoms with Crippen molar-refractivity contribution in [3.63, 3.8) is 0 Å². The van der Waals surface area contributed by atoms with Crippen molar-refractivity contribution in [1.29, 1.82) is 0 Å². The molecule has 138 valence electrons. The van der Waals surface area contributed by atoms with Gasteiger partial charge in [0.05, 0.1) is 16.3 Å². The molecule has 4 atom stereocenters. The Morgan fingerprint density at radius 3 is 3.00 bits per heavy atom. The van der Waals surface area contributed by atoms with E-state index in [1.807, 2.05) is 35.6 Å². The van der Waals surface area contributed by atoms with Crippen LogP contribution in [0.4, 0.5) is 0 Å². The molecule has 0 unspecified atom stereocenters. The summed E-state index contributed by atoms with van der Waals surface area (Å²) in [4.78, 5) is 17.3. The summed E-state index contributed by atoms with van der Waals surface area (Å²) in [6.45, 7) is 6.48. The number of aromatic amines is 1. The Morgan fingerprint density at radius 2 is 2.15 bits per heavy atom. The minimum atomic E-state index is -0.216. The first-order chi connectivity index (χ1) is 12.5. The molecular formula is C19H25N5OS. The van der Waals surface area contributed by atoms with Gasteiger partial charge in [-0.05, 0) is 37.3 Å². The molecule has 3 aromatic rings. The summed E-state index contributed by atoms with van der Waals surface area (Å²) in [5, 5.41) is 11.1. The van der Waals surface area contributed by atoms with Gasteiger partial charge >= 0.3 is 0 Å². The number of carbonyl (C=O) groups is 1. The van der Waals surface area contributed by atoms with Gasteiger partial charge in [0.1, 0.15) is 0 Å². The third-order valence-electron chi connectivity index (χ3n) is 5.69. The lowest BCUT2D eigenvalue weighted by molar-refractivity contribution is -0.121. The number of rotatable bonds is 4. The van der Waals surface area contributed by atoms with Crippen LogP contribution in [-0.4, -0.2) is 36.8 Å². The maximum atomic E-state index is 12.7. The SMILES string of the molecule is C[C@@H]1[C@H](C)CCC[C@H]1NC(=O)[C@H](C)Sc1n[nH]c2nc3ccccc3n12. The fraction of sp³-hybridized carbons (Fsp3) is 0.526. The number of benzene rings is 1. The zero-order valence-electron chi connectivity index (χ0n) is 15.4. The Labute approximate surface area is 157 Å². The molecule has 7 heteroatoms. The van der Waals surface area contributed by atoms with Gasteiger partial charge in [0.15, 0.2) is 5.16 Å². The second-order valence-electron chi connectivity index (χ2n) is 7.41. The molecule has 2 N–H and O–H groups in total. The molecule has 0 aliphatic heterocycles. The summed E-state index contributed by atoms with van der Waals surface area (Å²) < 4.78 is 1.98. The lowest BCUT2D eigenvalue weighted by atomic mass is 9.78. The zero-order chi connectivity index (χ0) is 18.3. The van der Waals surface area contributed by atoms with Crippen LogP contribution in [0.1, 0.15) is 40.0 Å². The maximum absolute atomic E-state index is 12.7. The topological polar surface area (TPSA) is 75.1 Å². The van der Waals surface area contributed by atoms with Crippen LogP contribution in [-0.2, 0) is 4.79 Å². The fourth-order valence-electron chi connectivity index (χ4n) is 3.82. The van der Waals surface area contributed by atoms with Crippen LogP contribution in [0.3, 0.4) is 0 Å². The molecule has 1 aromatic carbocycles. The minimum absolute atomic E-state index is 0.0847. The molecule has 26 heavy (non-hydrogen) atoms. The van der Waals surface area contributed by atoms with E-state index >= 15 is 0 Å². The predicted molar refractivity (Wildman–Crippen MR) is 104 cm³/mol. The molecule has 1 saturated carbocycles. The molecule has 0 spiro atoms. The van der Waals surface area contributed by atoms with Crippen molar-refractivity contribution in [2.75, 3.05) is 0 Å². The minimum Gasteiger partial charge on any atom is -0.352 e. The van der Waals surface area contributed by atoms with E-state index in [1.165, 1.54) is 24.6 Å². The van der Waals surface area contributed by atoms with Crippen molar-refractivity contribution in [2.24, 2.45) is 11.8 Å². The van der Waals surface area contributed by atoms with Crippen molar-refractivity contribution in [3.05, 3.63) is 24.3 Å². The summed E-state index contributed by atoms with van der Waals surface area (Å²) in [7, 11) is 0. The monoisotopic (exact) mass is 371 g/mol. The number of thioether (sulfide) groups is 1. The van der Waals surface area contributed by atoms with Crippen LogP contribution in [0, 0.1) is 11.8 Å². The normalized spacial score (nSPS) is 24.8. The van der Waals surface area contributed by atoms with Gasteiger partial charge in [-0.25, -0.2) is 10.1 Å². The van der Waals surface area contributed by atoms with Gasteiger partial charge < -0.3 is 5.32 Å². The Hall–Kier alpha value is -2.02. The maximum Gasteiger partial charge on any atom is 0.233 e. The third kappa shape index (κ3) is 3.09. The molecule has 1 aliphatic rings. The average Bonchev–Trinajstić information content (AvgIpc) is 3.18. The second kappa shape index (κ2) is 6.95. The number of imidazole rings is 1. The lowest BCUT2D eigenvalue weighted by Gasteiger charge is -2.35. The first-order valence-electron chi connectivity index (χ1n) is 9.33. The van der Waals surface area contributed by atoms with Crippen molar-refractivity contribution in [1.82, 2.24) is 24.9 Å². The quantitative estimate of drug-likeness (QED) is 0.687. The van der Waals surface area contributed by atoms with Gasteiger partial charge in [-0.3, -0.25) is 9.20 Å². The van der Waals surface area contributed by atoms with E-state index in [4.69, 9.17) is 0 Å². The second-order valence-corrected chi connectivity index (χ2v) is 8.72. The van der Waals surface area contributed by atoms with Crippen LogP contribution in [0.5, 0.6) is 0 Å². The Bertz CT molecular complexity index is 932. The molecule has 0 radical (unpaired) electrons. The first kappa shape index (κ1) is 17.4. The largest absolute Gasteiger partial charge is 0.352 e. The third-order valence-corrected chi connectivity index (χ3v) is 6.74. The number of nitrogens with zero attached hydrogens (tertiary/aromatic N) is 3. The highest BCUT2D eigenvalue weighted by molar-refractivity contribution is 8.00. The molecule has 0 saturated heterocycles. The zero-order valence-corrected chi connectivity index (χ0v) is 16.2. The average molecular weight is 372 g/mol. The van der Waals surface area contributed by atoms with E-state index in [9.17, 15) is 4.79 Å². The predicted octanol–water partition coefficient (Wildman–Crippen LogP) is 3.63. The highest BCUT2D eigenvalue weighted by atomic mass is 32.2. The highest BCUT2D eigenvalue weighted by Crippen LogP contribution is 2.30. The standard InChI is InChI=1S/C19H25N5OS/c1-11-7-6-9-14(12(11)2)20-17(25)13(3)26-19-23-22-18-21-15-8-4-5-10-16(15)24(18)19/h4-5,8,10-14H,6-7,9H2,1-3H3,(H,20,25)(H,21,22)/t11-,12-,13+,14-/m1/s1. The molecule has 1 amide bonds. The van der Waals surface area contributed by atoms with Gasteiger partial charge in [0, 0.05) is 6.04 Å². The number of H-pyrrole nitrogens is 1. The van der Waals surface area contributed by atoms with Crippen molar-refractivity contribution >= 4 is 34.5 Å². The van der Waals surface area contributed by atoms with Crippen molar-refractivity contribution < 1.29 is 4.79 Å². The Morgan fingerprint density at radius 1 is 1.35 bits per heavy atom. The van der Waals surface area contributed by atoms with E-state index in [-0.39, 0.29) is 17.2 Å². The number of para-hydroxylation sites is 2. The van der Waals surface area contributed by atoms with Crippen LogP contribution in [0.2, 0.25) is 0 Å². The number of nitrogens with one attached hydrogen (secondary N) is 2. The van der Waals surface area contributed by atoms with E-state index in [0.29, 0.717) is 17.6 Å². The number of carbonyl (C=O) groups excluding carboxylic acids is 1. The van der Waals surface area contributed by atoms with Crippen molar-refractivity contribution in [3.8, 4) is 0 Å². The number of hydrogen-bond acceptors (Lipinski definition) is 4. The molecule has 0 bridgehead atoms. The Balaban J connectivity index is 1.50. The summed E-state index contributed by atoms with van der Waals surface area (Å²) in [6.07, 6.45) is 3.53. The Kier molecular flexibility index (Phi) is 4.65. The van der Waals surface area contributed by atoms with Crippen LogP contribution >= 0.6 is 11.8 Å². The van der Waals surface area contributed by atoms with Gasteiger partial charge in [-0.15, -0.1) is 5.10 Å². The molecular weight excluding hydrogens is 346 g/mol. The highest BCUT2D eigenvalue weighted by Gasteiger charge is 2.30. The lowest BCUT2D eigenvalue weighted by Crippen LogP contribution is -2.46. The van der Waals surface area contributed by atoms with Gasteiger partial charge in [-0.2, -0.15) is 0 Å². The molecule has 4 rings (SSSR count). The van der Waals surface area contributed by atoms with Crippen LogP contribution in [0.25, 0.3) is 16.8 Å². The fourth-order valence-corrected chi connectivity index (χ4v) is 4.70. The van der Waals surface area contributed by atoms with Gasteiger partial charge in [-0.1, -0.05) is 50.6 Å². The number of aromatic nitrogens is 4. The van der Waals surface area contributed by atoms with E-state index in [2.05, 4.69) is 34.3 Å². The van der Waals surface area contributed by atoms with E-state index in [0.717, 1.165) is 22.6 Å². The summed E-state index contributed by atoms with van der Waals surface area (Å²) in [5.74, 6) is 1.98. The number of hydrogen-bond donors (Lipinski definition) is 2. The summed E-state index contributed by atoms with van der Waals surface area (Å²) >= 11 is 1.47. The number of fused-ring (bicyclic) bond motifs is 3. The van der Waals surface area contributed by atoms with Crippen molar-refractivity contribution in [2.45, 2.75) is 56.5 Å². The van der Waals surface area contributed by atoms with E-state index in [1.54, 1.807) is 0 Å². The first-order valence-corrected chi connectivity index (χ1v) is 10.2. The van der Waals surface area contributed by atoms with Gasteiger partial charge in [0.2, 0.25) is 11.7 Å². The molecule has 2 aromatic heterocycles. The number of amides is 1. The smallest absolute Gasteiger partial charge is 0.233 e. The summed E-state index contributed by atoms with van der Waals surface area (Å²) in [6, 6.07) is 8.23. The molecule has 1 aliphatic carbocycles. The summed E-state index contributed by atoms with van der Waals surface area (Å²) in [5.41, 5.74) is 1.92. The van der Waals surface area contributed by atoms with E-state index < -0.39 is 0 Å². The van der Waals surface area contributed by atoms with Crippen LogP contribution < -0.4 is 5.32 Å². The molecule has 2 heterocycles. The molecule has 6 nitrogen and oxygen atoms in total. The van der Waals surface area contributed by atoms with Crippen LogP contribution in [0.15, 0.2) is 29.4 Å². The molecule has 1 fully saturated rings.